The minimum Gasteiger partial charge on any atom is -0.486 e. The van der Waals surface area contributed by atoms with Crippen LogP contribution >= 0.6 is 11.6 Å². The van der Waals surface area contributed by atoms with Crippen LogP contribution in [0.3, 0.4) is 0 Å². The summed E-state index contributed by atoms with van der Waals surface area (Å²) in [6, 6.07) is 3.72. The number of ether oxygens (including phenoxy) is 2. The van der Waals surface area contributed by atoms with E-state index in [0.29, 0.717) is 0 Å². The van der Waals surface area contributed by atoms with Crippen molar-refractivity contribution in [3.8, 4) is 5.75 Å². The maximum Gasteiger partial charge on any atom is 0.138 e. The van der Waals surface area contributed by atoms with Crippen molar-refractivity contribution >= 4 is 11.6 Å². The summed E-state index contributed by atoms with van der Waals surface area (Å²) in [6.07, 6.45) is 4.29. The predicted molar refractivity (Wildman–Crippen MR) is 53.7 cm³/mol. The molecule has 0 amide bonds. The van der Waals surface area contributed by atoms with Crippen LogP contribution in [0, 0.1) is 0 Å². The van der Waals surface area contributed by atoms with Crippen LogP contribution in [-0.4, -0.2) is 29.7 Å². The van der Waals surface area contributed by atoms with Crippen LogP contribution in [-0.2, 0) is 4.74 Å². The Balaban J connectivity index is 1.93. The molecule has 0 aromatic carbocycles. The van der Waals surface area contributed by atoms with Gasteiger partial charge in [0.2, 0.25) is 0 Å². The van der Waals surface area contributed by atoms with Crippen LogP contribution in [0.15, 0.2) is 24.5 Å². The van der Waals surface area contributed by atoms with Gasteiger partial charge < -0.3 is 9.47 Å². The molecule has 0 aliphatic heterocycles. The Kier molecular flexibility index (Phi) is 2.89. The van der Waals surface area contributed by atoms with E-state index in [1.807, 2.05) is 12.1 Å². The number of halogens is 1. The highest BCUT2D eigenvalue weighted by Crippen LogP contribution is 2.32. The second-order valence-corrected chi connectivity index (χ2v) is 3.86. The minimum atomic E-state index is -0.00290. The Labute approximate surface area is 88.0 Å². The summed E-state index contributed by atoms with van der Waals surface area (Å²) in [5, 5.41) is 0.0710. The summed E-state index contributed by atoms with van der Waals surface area (Å²) in [6.45, 7) is 0. The van der Waals surface area contributed by atoms with Crippen molar-refractivity contribution in [2.24, 2.45) is 0 Å². The van der Waals surface area contributed by atoms with Crippen molar-refractivity contribution in [3.63, 3.8) is 0 Å². The van der Waals surface area contributed by atoms with Crippen molar-refractivity contribution < 1.29 is 9.47 Å². The summed E-state index contributed by atoms with van der Waals surface area (Å²) in [7, 11) is 1.65. The van der Waals surface area contributed by atoms with Crippen molar-refractivity contribution in [3.05, 3.63) is 24.5 Å². The van der Waals surface area contributed by atoms with Gasteiger partial charge in [-0.2, -0.15) is 0 Å². The third-order valence-corrected chi connectivity index (χ3v) is 2.80. The third kappa shape index (κ3) is 1.83. The van der Waals surface area contributed by atoms with Gasteiger partial charge in [0.1, 0.15) is 18.0 Å². The first kappa shape index (κ1) is 9.74. The second-order valence-electron chi connectivity index (χ2n) is 3.30. The highest BCUT2D eigenvalue weighted by atomic mass is 35.5. The highest BCUT2D eigenvalue weighted by Gasteiger charge is 2.42. The van der Waals surface area contributed by atoms with Crippen molar-refractivity contribution in [1.29, 1.82) is 0 Å². The number of hydrogen-bond donors (Lipinski definition) is 0. The molecular formula is C10H12ClNO2. The van der Waals surface area contributed by atoms with E-state index < -0.39 is 0 Å². The zero-order valence-electron chi connectivity index (χ0n) is 7.89. The maximum absolute atomic E-state index is 5.96. The summed E-state index contributed by atoms with van der Waals surface area (Å²) in [4.78, 5) is 3.97. The molecule has 76 valence electrons. The fraction of sp³-hybridized carbons (Fsp3) is 0.500. The standard InChI is InChI=1S/C10H12ClNO2/c1-13-10-8(11)5-9(10)14-7-3-2-4-12-6-7/h2-4,6,8-10H,5H2,1H3. The molecule has 3 atom stereocenters. The van der Waals surface area contributed by atoms with Crippen LogP contribution in [0.25, 0.3) is 0 Å². The SMILES string of the molecule is COC1C(Cl)CC1Oc1cccnc1. The zero-order chi connectivity index (χ0) is 9.97. The van der Waals surface area contributed by atoms with Gasteiger partial charge in [-0.1, -0.05) is 0 Å². The Morgan fingerprint density at radius 1 is 1.57 bits per heavy atom. The van der Waals surface area contributed by atoms with Gasteiger partial charge in [0.25, 0.3) is 0 Å². The Hall–Kier alpha value is -0.800. The van der Waals surface area contributed by atoms with E-state index in [9.17, 15) is 0 Å². The van der Waals surface area contributed by atoms with Crippen LogP contribution in [0.5, 0.6) is 5.75 Å². The molecule has 1 aliphatic rings. The molecule has 0 saturated heterocycles. The lowest BCUT2D eigenvalue weighted by Gasteiger charge is -2.39. The number of hydrogen-bond acceptors (Lipinski definition) is 3. The van der Waals surface area contributed by atoms with Crippen LogP contribution < -0.4 is 4.74 Å². The average Bonchev–Trinajstić information content (AvgIpc) is 2.19. The van der Waals surface area contributed by atoms with Crippen molar-refractivity contribution in [2.45, 2.75) is 24.0 Å². The zero-order valence-corrected chi connectivity index (χ0v) is 8.65. The van der Waals surface area contributed by atoms with Crippen LogP contribution in [0.2, 0.25) is 0 Å². The summed E-state index contributed by atoms with van der Waals surface area (Å²) >= 11 is 5.96. The first-order valence-corrected chi connectivity index (χ1v) is 4.98. The largest absolute Gasteiger partial charge is 0.486 e. The summed E-state index contributed by atoms with van der Waals surface area (Å²) in [5.74, 6) is 0.767. The molecule has 1 aromatic heterocycles. The number of rotatable bonds is 3. The van der Waals surface area contributed by atoms with Gasteiger partial charge >= 0.3 is 0 Å². The molecule has 1 fully saturated rings. The van der Waals surface area contributed by atoms with Crippen LogP contribution in [0.1, 0.15) is 6.42 Å². The number of alkyl halides is 1. The van der Waals surface area contributed by atoms with Gasteiger partial charge in [0.05, 0.1) is 11.6 Å². The monoisotopic (exact) mass is 213 g/mol. The maximum atomic E-state index is 5.96. The highest BCUT2D eigenvalue weighted by molar-refractivity contribution is 6.21. The molecule has 3 unspecified atom stereocenters. The van der Waals surface area contributed by atoms with Crippen LogP contribution in [0.4, 0.5) is 0 Å². The quantitative estimate of drug-likeness (QED) is 0.719. The lowest BCUT2D eigenvalue weighted by Crippen LogP contribution is -2.52. The minimum absolute atomic E-state index is 0.00290. The number of methoxy groups -OCH3 is 1. The number of pyridine rings is 1. The Morgan fingerprint density at radius 3 is 3.00 bits per heavy atom. The van der Waals surface area contributed by atoms with Crippen molar-refractivity contribution in [1.82, 2.24) is 4.98 Å². The van der Waals surface area contributed by atoms with Gasteiger partial charge in [-0.25, -0.2) is 0 Å². The van der Waals surface area contributed by atoms with Gasteiger partial charge in [0, 0.05) is 19.7 Å². The smallest absolute Gasteiger partial charge is 0.138 e. The molecule has 0 N–H and O–H groups in total. The van der Waals surface area contributed by atoms with Gasteiger partial charge in [0.15, 0.2) is 0 Å². The fourth-order valence-corrected chi connectivity index (χ4v) is 1.97. The number of nitrogens with zero attached hydrogens (tertiary/aromatic N) is 1. The molecule has 4 heteroatoms. The van der Waals surface area contributed by atoms with E-state index in [1.54, 1.807) is 19.5 Å². The molecule has 2 rings (SSSR count). The topological polar surface area (TPSA) is 31.4 Å². The molecule has 0 bridgehead atoms. The second kappa shape index (κ2) is 4.15. The molecule has 0 radical (unpaired) electrons. The molecule has 3 nitrogen and oxygen atoms in total. The van der Waals surface area contributed by atoms with E-state index in [1.165, 1.54) is 0 Å². The number of aromatic nitrogens is 1. The van der Waals surface area contributed by atoms with E-state index in [4.69, 9.17) is 21.1 Å². The molecular weight excluding hydrogens is 202 g/mol. The van der Waals surface area contributed by atoms with Gasteiger partial charge in [-0.15, -0.1) is 11.6 Å². The molecule has 1 heterocycles. The lowest BCUT2D eigenvalue weighted by atomic mass is 9.91. The Bertz CT molecular complexity index is 293. The van der Waals surface area contributed by atoms with E-state index >= 15 is 0 Å². The first-order chi connectivity index (χ1) is 6.81. The van der Waals surface area contributed by atoms with E-state index in [2.05, 4.69) is 4.98 Å². The van der Waals surface area contributed by atoms with Crippen molar-refractivity contribution in [2.75, 3.05) is 7.11 Å². The molecule has 1 aromatic rings. The first-order valence-electron chi connectivity index (χ1n) is 4.55. The Morgan fingerprint density at radius 2 is 2.43 bits per heavy atom. The van der Waals surface area contributed by atoms with Gasteiger partial charge in [-0.05, 0) is 12.1 Å². The fourth-order valence-electron chi connectivity index (χ4n) is 1.53. The molecule has 0 spiro atoms. The molecule has 1 saturated carbocycles. The molecule has 14 heavy (non-hydrogen) atoms. The van der Waals surface area contributed by atoms with Gasteiger partial charge in [-0.3, -0.25) is 4.98 Å². The van der Waals surface area contributed by atoms with E-state index in [0.717, 1.165) is 12.2 Å². The lowest BCUT2D eigenvalue weighted by molar-refractivity contribution is -0.0584. The van der Waals surface area contributed by atoms with E-state index in [-0.39, 0.29) is 17.6 Å². The predicted octanol–water partition coefficient (Wildman–Crippen LogP) is 1.86. The normalized spacial score (nSPS) is 30.9. The average molecular weight is 214 g/mol. The summed E-state index contributed by atoms with van der Waals surface area (Å²) < 4.78 is 10.9. The third-order valence-electron chi connectivity index (χ3n) is 2.37. The summed E-state index contributed by atoms with van der Waals surface area (Å²) in [5.41, 5.74) is 0. The molecule has 1 aliphatic carbocycles.